The van der Waals surface area contributed by atoms with E-state index in [1.807, 2.05) is 13.8 Å². The summed E-state index contributed by atoms with van der Waals surface area (Å²) in [6.07, 6.45) is 1.74. The standard InChI is InChI=1S/C9H16N2O2/c1-5-13-11-9(6-7(2)3)8(4)10-12/h6,8,11H,2,5H2,1,3-4H3. The predicted molar refractivity (Wildman–Crippen MR) is 52.9 cm³/mol. The van der Waals surface area contributed by atoms with Gasteiger partial charge in [0.05, 0.1) is 12.3 Å². The molecule has 0 aliphatic rings. The third kappa shape index (κ3) is 5.14. The lowest BCUT2D eigenvalue weighted by atomic mass is 10.2. The van der Waals surface area contributed by atoms with Crippen LogP contribution in [0.25, 0.3) is 0 Å². The van der Waals surface area contributed by atoms with E-state index in [-0.39, 0.29) is 0 Å². The molecule has 0 rings (SSSR count). The Kier molecular flexibility index (Phi) is 5.80. The molecule has 74 valence electrons. The number of nitrogens with zero attached hydrogens (tertiary/aromatic N) is 1. The zero-order chi connectivity index (χ0) is 10.3. The number of hydroxylamine groups is 1. The van der Waals surface area contributed by atoms with Gasteiger partial charge in [-0.15, -0.1) is 0 Å². The molecule has 1 atom stereocenters. The minimum atomic E-state index is -0.441. The second kappa shape index (κ2) is 6.37. The normalized spacial score (nSPS) is 13.6. The third-order valence-electron chi connectivity index (χ3n) is 1.34. The van der Waals surface area contributed by atoms with Crippen molar-refractivity contribution >= 4 is 0 Å². The van der Waals surface area contributed by atoms with Gasteiger partial charge in [0.1, 0.15) is 6.04 Å². The van der Waals surface area contributed by atoms with Gasteiger partial charge in [0.15, 0.2) is 0 Å². The first kappa shape index (κ1) is 11.8. The van der Waals surface area contributed by atoms with E-state index < -0.39 is 6.04 Å². The molecule has 0 spiro atoms. The highest BCUT2D eigenvalue weighted by Gasteiger charge is 2.07. The molecule has 0 bridgehead atoms. The van der Waals surface area contributed by atoms with Crippen molar-refractivity contribution in [2.24, 2.45) is 5.18 Å². The molecule has 0 aliphatic heterocycles. The SMILES string of the molecule is C=C(C)C=C(NOCC)C(C)N=O. The van der Waals surface area contributed by atoms with E-state index in [2.05, 4.69) is 17.2 Å². The van der Waals surface area contributed by atoms with Crippen molar-refractivity contribution in [2.45, 2.75) is 26.8 Å². The first-order chi connectivity index (χ1) is 6.11. The first-order valence-corrected chi connectivity index (χ1v) is 4.19. The summed E-state index contributed by atoms with van der Waals surface area (Å²) in [6, 6.07) is -0.441. The lowest BCUT2D eigenvalue weighted by Crippen LogP contribution is -2.21. The van der Waals surface area contributed by atoms with E-state index in [1.54, 1.807) is 13.0 Å². The number of nitroso groups, excluding NO2 is 1. The van der Waals surface area contributed by atoms with Gasteiger partial charge in [-0.1, -0.05) is 17.3 Å². The van der Waals surface area contributed by atoms with Crippen molar-refractivity contribution in [3.8, 4) is 0 Å². The molecule has 0 aromatic heterocycles. The van der Waals surface area contributed by atoms with Crippen LogP contribution in [0.5, 0.6) is 0 Å². The molecule has 4 heteroatoms. The largest absolute Gasteiger partial charge is 0.277 e. The first-order valence-electron chi connectivity index (χ1n) is 4.19. The monoisotopic (exact) mass is 184 g/mol. The average Bonchev–Trinajstić information content (AvgIpc) is 2.10. The van der Waals surface area contributed by atoms with Gasteiger partial charge >= 0.3 is 0 Å². The minimum Gasteiger partial charge on any atom is -0.277 e. The molecule has 0 heterocycles. The molecular weight excluding hydrogens is 168 g/mol. The summed E-state index contributed by atoms with van der Waals surface area (Å²) in [5.41, 5.74) is 4.13. The molecule has 0 radical (unpaired) electrons. The Balaban J connectivity index is 4.35. The fraction of sp³-hybridized carbons (Fsp3) is 0.556. The van der Waals surface area contributed by atoms with Gasteiger partial charge in [-0.05, 0) is 26.8 Å². The summed E-state index contributed by atoms with van der Waals surface area (Å²) in [6.45, 7) is 9.61. The van der Waals surface area contributed by atoms with Crippen molar-refractivity contribution in [3.63, 3.8) is 0 Å². The number of nitrogens with one attached hydrogen (secondary N) is 1. The Morgan fingerprint density at radius 3 is 2.77 bits per heavy atom. The molecule has 1 unspecified atom stereocenters. The molecule has 0 amide bonds. The van der Waals surface area contributed by atoms with Gasteiger partial charge in [0.25, 0.3) is 0 Å². The Bertz CT molecular complexity index is 212. The molecule has 0 aromatic carbocycles. The van der Waals surface area contributed by atoms with Crippen molar-refractivity contribution in [1.82, 2.24) is 5.48 Å². The van der Waals surface area contributed by atoms with Crippen molar-refractivity contribution in [2.75, 3.05) is 6.61 Å². The summed E-state index contributed by atoms with van der Waals surface area (Å²) in [5, 5.41) is 2.89. The van der Waals surface area contributed by atoms with Gasteiger partial charge < -0.3 is 0 Å². The minimum absolute atomic E-state index is 0.441. The van der Waals surface area contributed by atoms with Crippen LogP contribution in [0.3, 0.4) is 0 Å². The average molecular weight is 184 g/mol. The van der Waals surface area contributed by atoms with Crippen LogP contribution in [0.15, 0.2) is 29.1 Å². The summed E-state index contributed by atoms with van der Waals surface area (Å²) >= 11 is 0. The van der Waals surface area contributed by atoms with Crippen LogP contribution in [0.2, 0.25) is 0 Å². The van der Waals surface area contributed by atoms with E-state index in [0.29, 0.717) is 12.3 Å². The van der Waals surface area contributed by atoms with E-state index in [0.717, 1.165) is 5.57 Å². The van der Waals surface area contributed by atoms with Gasteiger partial charge in [0, 0.05) is 0 Å². The second-order valence-corrected chi connectivity index (χ2v) is 2.76. The van der Waals surface area contributed by atoms with Crippen LogP contribution >= 0.6 is 0 Å². The molecule has 0 saturated carbocycles. The van der Waals surface area contributed by atoms with Gasteiger partial charge in [-0.2, -0.15) is 4.91 Å². The molecule has 4 nitrogen and oxygen atoms in total. The number of hydrogen-bond donors (Lipinski definition) is 1. The third-order valence-corrected chi connectivity index (χ3v) is 1.34. The molecule has 0 saturated heterocycles. The maximum absolute atomic E-state index is 10.3. The summed E-state index contributed by atoms with van der Waals surface area (Å²) < 4.78 is 0. The summed E-state index contributed by atoms with van der Waals surface area (Å²) in [7, 11) is 0. The lowest BCUT2D eigenvalue weighted by molar-refractivity contribution is 0.0699. The Hall–Kier alpha value is -1.16. The molecule has 0 aliphatic carbocycles. The highest BCUT2D eigenvalue weighted by Crippen LogP contribution is 2.05. The highest BCUT2D eigenvalue weighted by atomic mass is 16.6. The Labute approximate surface area is 78.6 Å². The molecule has 0 aromatic rings. The molecular formula is C9H16N2O2. The van der Waals surface area contributed by atoms with Gasteiger partial charge in [-0.3, -0.25) is 10.3 Å². The van der Waals surface area contributed by atoms with E-state index in [9.17, 15) is 4.91 Å². The maximum atomic E-state index is 10.3. The van der Waals surface area contributed by atoms with Gasteiger partial charge in [-0.25, -0.2) is 0 Å². The second-order valence-electron chi connectivity index (χ2n) is 2.76. The molecule has 13 heavy (non-hydrogen) atoms. The van der Waals surface area contributed by atoms with Crippen molar-refractivity contribution in [1.29, 1.82) is 0 Å². The van der Waals surface area contributed by atoms with E-state index >= 15 is 0 Å². The zero-order valence-corrected chi connectivity index (χ0v) is 8.33. The summed E-state index contributed by atoms with van der Waals surface area (Å²) in [4.78, 5) is 15.2. The Morgan fingerprint density at radius 2 is 2.38 bits per heavy atom. The number of rotatable bonds is 6. The topological polar surface area (TPSA) is 50.7 Å². The fourth-order valence-electron chi connectivity index (χ4n) is 0.713. The molecule has 0 fully saturated rings. The number of allylic oxidation sites excluding steroid dienone is 2. The van der Waals surface area contributed by atoms with Crippen LogP contribution in [0.1, 0.15) is 20.8 Å². The maximum Gasteiger partial charge on any atom is 0.131 e. The van der Waals surface area contributed by atoms with Crippen LogP contribution < -0.4 is 5.48 Å². The van der Waals surface area contributed by atoms with Crippen LogP contribution in [0.4, 0.5) is 0 Å². The molecule has 1 N–H and O–H groups in total. The van der Waals surface area contributed by atoms with Crippen molar-refractivity contribution < 1.29 is 4.84 Å². The van der Waals surface area contributed by atoms with E-state index in [4.69, 9.17) is 4.84 Å². The van der Waals surface area contributed by atoms with Crippen molar-refractivity contribution in [3.05, 3.63) is 28.8 Å². The van der Waals surface area contributed by atoms with Crippen LogP contribution in [-0.4, -0.2) is 12.6 Å². The summed E-state index contributed by atoms with van der Waals surface area (Å²) in [5.74, 6) is 0. The van der Waals surface area contributed by atoms with Gasteiger partial charge in [0.2, 0.25) is 0 Å². The Morgan fingerprint density at radius 1 is 1.77 bits per heavy atom. The predicted octanol–water partition coefficient (Wildman–Crippen LogP) is 2.14. The smallest absolute Gasteiger partial charge is 0.131 e. The lowest BCUT2D eigenvalue weighted by Gasteiger charge is -2.11. The zero-order valence-electron chi connectivity index (χ0n) is 8.33. The highest BCUT2D eigenvalue weighted by molar-refractivity contribution is 5.20. The van der Waals surface area contributed by atoms with Crippen LogP contribution in [0, 0.1) is 4.91 Å². The fourth-order valence-corrected chi connectivity index (χ4v) is 0.713. The van der Waals surface area contributed by atoms with E-state index in [1.165, 1.54) is 0 Å². The quantitative estimate of drug-likeness (QED) is 0.391. The number of hydrogen-bond acceptors (Lipinski definition) is 4. The van der Waals surface area contributed by atoms with Crippen LogP contribution in [-0.2, 0) is 4.84 Å².